The van der Waals surface area contributed by atoms with Gasteiger partial charge in [-0.3, -0.25) is 9.69 Å². The molecule has 134 valence electrons. The number of hydrogen-bond acceptors (Lipinski definition) is 4. The Kier molecular flexibility index (Phi) is 5.20. The van der Waals surface area contributed by atoms with Crippen LogP contribution >= 0.6 is 22.9 Å². The molecule has 1 fully saturated rings. The van der Waals surface area contributed by atoms with Crippen molar-refractivity contribution in [3.05, 3.63) is 64.1 Å². The van der Waals surface area contributed by atoms with Crippen LogP contribution in [0.15, 0.2) is 48.5 Å². The lowest BCUT2D eigenvalue weighted by Gasteiger charge is -2.22. The molecule has 1 aliphatic heterocycles. The lowest BCUT2D eigenvalue weighted by molar-refractivity contribution is -0.122. The van der Waals surface area contributed by atoms with E-state index >= 15 is 0 Å². The van der Waals surface area contributed by atoms with Crippen LogP contribution in [0.2, 0.25) is 5.02 Å². The zero-order chi connectivity index (χ0) is 17.9. The summed E-state index contributed by atoms with van der Waals surface area (Å²) in [6.07, 6.45) is 2.16. The Labute approximate surface area is 161 Å². The van der Waals surface area contributed by atoms with E-state index in [2.05, 4.69) is 16.3 Å². The van der Waals surface area contributed by atoms with E-state index in [0.29, 0.717) is 18.1 Å². The van der Waals surface area contributed by atoms with Gasteiger partial charge in [0.05, 0.1) is 22.8 Å². The average Bonchev–Trinajstić information content (AvgIpc) is 3.27. The van der Waals surface area contributed by atoms with Crippen LogP contribution in [-0.2, 0) is 11.3 Å². The number of para-hydroxylation sites is 1. The van der Waals surface area contributed by atoms with E-state index in [9.17, 15) is 4.79 Å². The van der Waals surface area contributed by atoms with Gasteiger partial charge in [0.2, 0.25) is 5.91 Å². The second-order valence-corrected chi connectivity index (χ2v) is 8.05. The van der Waals surface area contributed by atoms with Crippen molar-refractivity contribution in [2.75, 3.05) is 13.1 Å². The first-order valence-electron chi connectivity index (χ1n) is 8.80. The smallest absolute Gasteiger partial charge is 0.234 e. The summed E-state index contributed by atoms with van der Waals surface area (Å²) in [5.41, 5.74) is 2.10. The first kappa shape index (κ1) is 17.5. The van der Waals surface area contributed by atoms with Gasteiger partial charge in [-0.05, 0) is 49.2 Å². The molecule has 1 atom stereocenters. The molecular weight excluding hydrogens is 366 g/mol. The minimum atomic E-state index is 0.0490. The minimum Gasteiger partial charge on any atom is -0.351 e. The van der Waals surface area contributed by atoms with Crippen molar-refractivity contribution >= 4 is 39.1 Å². The van der Waals surface area contributed by atoms with Gasteiger partial charge in [0.25, 0.3) is 0 Å². The second-order valence-electron chi connectivity index (χ2n) is 6.55. The standard InChI is InChI=1S/C20H20ClN3OS/c21-15-9-7-14(8-10-15)12-22-19(25)13-24-11-3-5-17(24)20-23-16-4-1-2-6-18(16)26-20/h1-2,4,6-10,17H,3,5,11-13H2,(H,22,25)/t17-/m1/s1. The molecule has 0 unspecified atom stereocenters. The van der Waals surface area contributed by atoms with Crippen LogP contribution in [0.4, 0.5) is 0 Å². The predicted octanol–water partition coefficient (Wildman–Crippen LogP) is 4.40. The van der Waals surface area contributed by atoms with Gasteiger partial charge in [0, 0.05) is 11.6 Å². The Morgan fingerprint density at radius 3 is 2.85 bits per heavy atom. The maximum absolute atomic E-state index is 12.4. The predicted molar refractivity (Wildman–Crippen MR) is 106 cm³/mol. The topological polar surface area (TPSA) is 45.2 Å². The van der Waals surface area contributed by atoms with Crippen molar-refractivity contribution in [3.63, 3.8) is 0 Å². The lowest BCUT2D eigenvalue weighted by Crippen LogP contribution is -2.36. The van der Waals surface area contributed by atoms with E-state index in [-0.39, 0.29) is 11.9 Å². The number of likely N-dealkylation sites (tertiary alicyclic amines) is 1. The third-order valence-electron chi connectivity index (χ3n) is 4.71. The summed E-state index contributed by atoms with van der Waals surface area (Å²) < 4.78 is 1.21. The van der Waals surface area contributed by atoms with Crippen molar-refractivity contribution in [3.8, 4) is 0 Å². The third-order valence-corrected chi connectivity index (χ3v) is 6.10. The van der Waals surface area contributed by atoms with Gasteiger partial charge >= 0.3 is 0 Å². The molecule has 0 aliphatic carbocycles. The molecule has 26 heavy (non-hydrogen) atoms. The minimum absolute atomic E-state index is 0.0490. The molecule has 6 heteroatoms. The molecule has 0 saturated carbocycles. The maximum atomic E-state index is 12.4. The molecular formula is C20H20ClN3OS. The first-order chi connectivity index (χ1) is 12.7. The van der Waals surface area contributed by atoms with E-state index in [1.165, 1.54) is 4.70 Å². The van der Waals surface area contributed by atoms with Crippen LogP contribution in [0, 0.1) is 0 Å². The Balaban J connectivity index is 1.38. The SMILES string of the molecule is O=C(CN1CCC[C@@H]1c1nc2ccccc2s1)NCc1ccc(Cl)cc1. The number of nitrogens with zero attached hydrogens (tertiary/aromatic N) is 2. The Bertz CT molecular complexity index is 876. The van der Waals surface area contributed by atoms with Crippen LogP contribution in [0.3, 0.4) is 0 Å². The number of thiazole rings is 1. The fourth-order valence-corrected chi connectivity index (χ4v) is 4.63. The lowest BCUT2D eigenvalue weighted by atomic mass is 10.2. The Hall–Kier alpha value is -1.95. The molecule has 3 aromatic rings. The molecule has 1 aliphatic rings. The monoisotopic (exact) mass is 385 g/mol. The fraction of sp³-hybridized carbons (Fsp3) is 0.300. The summed E-state index contributed by atoms with van der Waals surface area (Å²) >= 11 is 7.63. The number of benzene rings is 2. The molecule has 1 amide bonds. The molecule has 0 bridgehead atoms. The summed E-state index contributed by atoms with van der Waals surface area (Å²) in [4.78, 5) is 19.4. The summed E-state index contributed by atoms with van der Waals surface area (Å²) in [5.74, 6) is 0.0490. The number of aromatic nitrogens is 1. The number of hydrogen-bond donors (Lipinski definition) is 1. The largest absolute Gasteiger partial charge is 0.351 e. The molecule has 2 aromatic carbocycles. The van der Waals surface area contributed by atoms with Gasteiger partial charge in [-0.15, -0.1) is 11.3 Å². The highest BCUT2D eigenvalue weighted by molar-refractivity contribution is 7.18. The Morgan fingerprint density at radius 2 is 2.04 bits per heavy atom. The van der Waals surface area contributed by atoms with Gasteiger partial charge in [-0.25, -0.2) is 4.98 Å². The van der Waals surface area contributed by atoms with Crippen LogP contribution in [-0.4, -0.2) is 28.9 Å². The molecule has 1 aromatic heterocycles. The van der Waals surface area contributed by atoms with Crippen molar-refractivity contribution in [2.24, 2.45) is 0 Å². The molecule has 4 nitrogen and oxygen atoms in total. The normalized spacial score (nSPS) is 17.7. The number of carbonyl (C=O) groups excluding carboxylic acids is 1. The van der Waals surface area contributed by atoms with Crippen molar-refractivity contribution in [1.82, 2.24) is 15.2 Å². The molecule has 1 N–H and O–H groups in total. The van der Waals surface area contributed by atoms with Crippen LogP contribution in [0.1, 0.15) is 29.5 Å². The van der Waals surface area contributed by atoms with E-state index in [0.717, 1.165) is 35.5 Å². The number of halogens is 1. The van der Waals surface area contributed by atoms with Crippen LogP contribution in [0.5, 0.6) is 0 Å². The molecule has 4 rings (SSSR count). The number of fused-ring (bicyclic) bond motifs is 1. The van der Waals surface area contributed by atoms with Gasteiger partial charge in [-0.1, -0.05) is 35.9 Å². The van der Waals surface area contributed by atoms with Crippen LogP contribution < -0.4 is 5.32 Å². The highest BCUT2D eigenvalue weighted by Gasteiger charge is 2.29. The highest BCUT2D eigenvalue weighted by Crippen LogP contribution is 2.36. The quantitative estimate of drug-likeness (QED) is 0.707. The van der Waals surface area contributed by atoms with Crippen molar-refractivity contribution < 1.29 is 4.79 Å². The van der Waals surface area contributed by atoms with Crippen molar-refractivity contribution in [2.45, 2.75) is 25.4 Å². The second kappa shape index (κ2) is 7.74. The summed E-state index contributed by atoms with van der Waals surface area (Å²) in [7, 11) is 0. The zero-order valence-electron chi connectivity index (χ0n) is 14.3. The van der Waals surface area contributed by atoms with Gasteiger partial charge in [0.15, 0.2) is 0 Å². The molecule has 1 saturated heterocycles. The van der Waals surface area contributed by atoms with Crippen molar-refractivity contribution in [1.29, 1.82) is 0 Å². The summed E-state index contributed by atoms with van der Waals surface area (Å²) in [6.45, 7) is 1.87. The average molecular weight is 386 g/mol. The van der Waals surface area contributed by atoms with Gasteiger partial charge < -0.3 is 5.32 Å². The number of nitrogens with one attached hydrogen (secondary N) is 1. The highest BCUT2D eigenvalue weighted by atomic mass is 35.5. The summed E-state index contributed by atoms with van der Waals surface area (Å²) in [5, 5.41) is 4.83. The number of amides is 1. The zero-order valence-corrected chi connectivity index (χ0v) is 15.9. The first-order valence-corrected chi connectivity index (χ1v) is 9.99. The van der Waals surface area contributed by atoms with Gasteiger partial charge in [0.1, 0.15) is 5.01 Å². The fourth-order valence-electron chi connectivity index (χ4n) is 3.37. The molecule has 0 radical (unpaired) electrons. The number of rotatable bonds is 5. The maximum Gasteiger partial charge on any atom is 0.234 e. The molecule has 2 heterocycles. The third kappa shape index (κ3) is 3.90. The number of carbonyl (C=O) groups is 1. The van der Waals surface area contributed by atoms with Gasteiger partial charge in [-0.2, -0.15) is 0 Å². The van der Waals surface area contributed by atoms with E-state index in [4.69, 9.17) is 16.6 Å². The van der Waals surface area contributed by atoms with E-state index in [1.54, 1.807) is 11.3 Å². The Morgan fingerprint density at radius 1 is 1.23 bits per heavy atom. The van der Waals surface area contributed by atoms with E-state index < -0.39 is 0 Å². The van der Waals surface area contributed by atoms with E-state index in [1.807, 2.05) is 42.5 Å². The molecule has 0 spiro atoms. The van der Waals surface area contributed by atoms with Crippen LogP contribution in [0.25, 0.3) is 10.2 Å². The summed E-state index contributed by atoms with van der Waals surface area (Å²) in [6, 6.07) is 16.0.